The highest BCUT2D eigenvalue weighted by Crippen LogP contribution is 2.02. The minimum Gasteiger partial charge on any atom is -0.345 e. The van der Waals surface area contributed by atoms with Gasteiger partial charge in [0.2, 0.25) is 5.91 Å². The Morgan fingerprint density at radius 3 is 2.60 bits per heavy atom. The van der Waals surface area contributed by atoms with Gasteiger partial charge in [0, 0.05) is 18.9 Å². The van der Waals surface area contributed by atoms with Crippen molar-refractivity contribution in [3.63, 3.8) is 0 Å². The van der Waals surface area contributed by atoms with Crippen LogP contribution in [0.1, 0.15) is 12.0 Å². The van der Waals surface area contributed by atoms with Gasteiger partial charge in [0.15, 0.2) is 0 Å². The molecule has 0 saturated heterocycles. The van der Waals surface area contributed by atoms with Crippen LogP contribution in [-0.4, -0.2) is 29.7 Å². The maximum Gasteiger partial charge on any atom is 0.226 e. The van der Waals surface area contributed by atoms with Crippen molar-refractivity contribution >= 4 is 21.8 Å². The average molecular weight is 270 g/mol. The van der Waals surface area contributed by atoms with E-state index in [4.69, 9.17) is 0 Å². The number of rotatable bonds is 5. The number of nitrogens with zero attached hydrogens (tertiary/aromatic N) is 1. The van der Waals surface area contributed by atoms with Crippen LogP contribution in [0.4, 0.5) is 0 Å². The second kappa shape index (κ2) is 6.62. The summed E-state index contributed by atoms with van der Waals surface area (Å²) in [5.74, 6) is 0.183. The Bertz CT molecular complexity index is 300. The SMILES string of the molecule is CN(CCCBr)C(=O)Cc1ccccc1. The van der Waals surface area contributed by atoms with E-state index in [1.165, 1.54) is 0 Å². The Morgan fingerprint density at radius 2 is 2.00 bits per heavy atom. The first kappa shape index (κ1) is 12.2. The smallest absolute Gasteiger partial charge is 0.226 e. The van der Waals surface area contributed by atoms with E-state index in [2.05, 4.69) is 15.9 Å². The maximum absolute atomic E-state index is 11.7. The molecule has 0 unspecified atom stereocenters. The number of alkyl halides is 1. The van der Waals surface area contributed by atoms with Crippen LogP contribution in [0.3, 0.4) is 0 Å². The summed E-state index contributed by atoms with van der Waals surface area (Å²) in [4.78, 5) is 13.5. The van der Waals surface area contributed by atoms with Gasteiger partial charge < -0.3 is 4.90 Å². The molecule has 0 aliphatic rings. The number of likely N-dealkylation sites (N-methyl/N-ethyl adjacent to an activating group) is 1. The molecule has 1 aromatic rings. The second-order valence-electron chi connectivity index (χ2n) is 3.52. The van der Waals surface area contributed by atoms with E-state index in [0.29, 0.717) is 6.42 Å². The number of benzene rings is 1. The predicted octanol–water partition coefficient (Wildman–Crippen LogP) is 2.47. The summed E-state index contributed by atoms with van der Waals surface area (Å²) in [6.45, 7) is 0.816. The van der Waals surface area contributed by atoms with Crippen molar-refractivity contribution in [1.29, 1.82) is 0 Å². The van der Waals surface area contributed by atoms with E-state index in [-0.39, 0.29) is 5.91 Å². The van der Waals surface area contributed by atoms with Crippen LogP contribution < -0.4 is 0 Å². The molecule has 0 spiro atoms. The molecule has 1 aromatic carbocycles. The average Bonchev–Trinajstić information content (AvgIpc) is 2.27. The lowest BCUT2D eigenvalue weighted by Gasteiger charge is -2.16. The van der Waals surface area contributed by atoms with Crippen molar-refractivity contribution in [2.24, 2.45) is 0 Å². The Morgan fingerprint density at radius 1 is 1.33 bits per heavy atom. The van der Waals surface area contributed by atoms with Gasteiger partial charge in [0.1, 0.15) is 0 Å². The van der Waals surface area contributed by atoms with Gasteiger partial charge >= 0.3 is 0 Å². The van der Waals surface area contributed by atoms with E-state index < -0.39 is 0 Å². The first-order valence-corrected chi connectivity index (χ1v) is 6.20. The number of hydrogen-bond acceptors (Lipinski definition) is 1. The molecule has 0 heterocycles. The molecule has 0 aromatic heterocycles. The van der Waals surface area contributed by atoms with Crippen LogP contribution in [-0.2, 0) is 11.2 Å². The lowest BCUT2D eigenvalue weighted by Crippen LogP contribution is -2.29. The van der Waals surface area contributed by atoms with Crippen molar-refractivity contribution in [2.45, 2.75) is 12.8 Å². The summed E-state index contributed by atoms with van der Waals surface area (Å²) >= 11 is 3.36. The number of carbonyl (C=O) groups excluding carboxylic acids is 1. The molecule has 0 atom stereocenters. The lowest BCUT2D eigenvalue weighted by atomic mass is 10.1. The number of hydrogen-bond donors (Lipinski definition) is 0. The van der Waals surface area contributed by atoms with Crippen molar-refractivity contribution in [3.8, 4) is 0 Å². The number of halogens is 1. The first-order chi connectivity index (χ1) is 7.24. The normalized spacial score (nSPS) is 10.0. The third kappa shape index (κ3) is 4.47. The van der Waals surface area contributed by atoms with Gasteiger partial charge in [0.25, 0.3) is 0 Å². The first-order valence-electron chi connectivity index (χ1n) is 5.08. The maximum atomic E-state index is 11.7. The molecule has 15 heavy (non-hydrogen) atoms. The third-order valence-electron chi connectivity index (χ3n) is 2.25. The molecule has 0 bridgehead atoms. The zero-order valence-corrected chi connectivity index (χ0v) is 10.5. The van der Waals surface area contributed by atoms with Gasteiger partial charge in [-0.05, 0) is 12.0 Å². The fourth-order valence-corrected chi connectivity index (χ4v) is 1.58. The Kier molecular flexibility index (Phi) is 5.40. The third-order valence-corrected chi connectivity index (χ3v) is 2.81. The molecule has 3 heteroatoms. The minimum atomic E-state index is 0.183. The van der Waals surface area contributed by atoms with Crippen LogP contribution >= 0.6 is 15.9 Å². The molecule has 1 amide bonds. The van der Waals surface area contributed by atoms with E-state index in [9.17, 15) is 4.79 Å². The number of amides is 1. The summed E-state index contributed by atoms with van der Waals surface area (Å²) in [5.41, 5.74) is 1.08. The summed E-state index contributed by atoms with van der Waals surface area (Å²) in [6.07, 6.45) is 1.50. The largest absolute Gasteiger partial charge is 0.345 e. The summed E-state index contributed by atoms with van der Waals surface area (Å²) in [5, 5.41) is 0.940. The van der Waals surface area contributed by atoms with Crippen LogP contribution in [0.25, 0.3) is 0 Å². The standard InChI is InChI=1S/C12H16BrNO/c1-14(9-5-8-13)12(15)10-11-6-3-2-4-7-11/h2-4,6-7H,5,8-10H2,1H3. The second-order valence-corrected chi connectivity index (χ2v) is 4.31. The van der Waals surface area contributed by atoms with Gasteiger partial charge in [-0.1, -0.05) is 46.3 Å². The highest BCUT2D eigenvalue weighted by molar-refractivity contribution is 9.09. The van der Waals surface area contributed by atoms with Crippen molar-refractivity contribution in [2.75, 3.05) is 18.9 Å². The van der Waals surface area contributed by atoms with E-state index in [1.54, 1.807) is 4.90 Å². The Labute approximate surface area is 99.4 Å². The van der Waals surface area contributed by atoms with Crippen molar-refractivity contribution in [1.82, 2.24) is 4.90 Å². The van der Waals surface area contributed by atoms with Crippen LogP contribution in [0.5, 0.6) is 0 Å². The molecule has 0 saturated carbocycles. The molecule has 2 nitrogen and oxygen atoms in total. The molecule has 0 fully saturated rings. The lowest BCUT2D eigenvalue weighted by molar-refractivity contribution is -0.129. The molecular formula is C12H16BrNO. The molecule has 1 rings (SSSR count). The van der Waals surface area contributed by atoms with Gasteiger partial charge in [-0.3, -0.25) is 4.79 Å². The summed E-state index contributed by atoms with van der Waals surface area (Å²) < 4.78 is 0. The molecule has 0 aliphatic heterocycles. The predicted molar refractivity (Wildman–Crippen MR) is 66.2 cm³/mol. The monoisotopic (exact) mass is 269 g/mol. The highest BCUT2D eigenvalue weighted by atomic mass is 79.9. The summed E-state index contributed by atoms with van der Waals surface area (Å²) in [7, 11) is 1.86. The fourth-order valence-electron chi connectivity index (χ4n) is 1.33. The van der Waals surface area contributed by atoms with Gasteiger partial charge in [-0.25, -0.2) is 0 Å². The van der Waals surface area contributed by atoms with Crippen LogP contribution in [0.2, 0.25) is 0 Å². The minimum absolute atomic E-state index is 0.183. The van der Waals surface area contributed by atoms with Gasteiger partial charge in [-0.15, -0.1) is 0 Å². The fraction of sp³-hybridized carbons (Fsp3) is 0.417. The van der Waals surface area contributed by atoms with Crippen molar-refractivity contribution in [3.05, 3.63) is 35.9 Å². The van der Waals surface area contributed by atoms with E-state index in [0.717, 1.165) is 23.9 Å². The summed E-state index contributed by atoms with van der Waals surface area (Å²) in [6, 6.07) is 9.84. The van der Waals surface area contributed by atoms with Crippen LogP contribution in [0, 0.1) is 0 Å². The molecule has 82 valence electrons. The number of carbonyl (C=O) groups is 1. The molecule has 0 radical (unpaired) electrons. The quantitative estimate of drug-likeness (QED) is 0.753. The molecular weight excluding hydrogens is 254 g/mol. The topological polar surface area (TPSA) is 20.3 Å². The molecule has 0 N–H and O–H groups in total. The van der Waals surface area contributed by atoms with Crippen molar-refractivity contribution < 1.29 is 4.79 Å². The van der Waals surface area contributed by atoms with Gasteiger partial charge in [-0.2, -0.15) is 0 Å². The Hall–Kier alpha value is -0.830. The van der Waals surface area contributed by atoms with E-state index in [1.807, 2.05) is 37.4 Å². The zero-order valence-electron chi connectivity index (χ0n) is 8.95. The van der Waals surface area contributed by atoms with E-state index >= 15 is 0 Å². The molecule has 0 aliphatic carbocycles. The highest BCUT2D eigenvalue weighted by Gasteiger charge is 2.08. The van der Waals surface area contributed by atoms with Crippen LogP contribution in [0.15, 0.2) is 30.3 Å². The Balaban J connectivity index is 2.42. The van der Waals surface area contributed by atoms with Gasteiger partial charge in [0.05, 0.1) is 6.42 Å². The zero-order chi connectivity index (χ0) is 11.1.